The number of rotatable bonds is 9. The molecule has 8 atom stereocenters. The summed E-state index contributed by atoms with van der Waals surface area (Å²) in [5.74, 6) is 0.290. The van der Waals surface area contributed by atoms with E-state index in [1.807, 2.05) is 4.90 Å². The summed E-state index contributed by atoms with van der Waals surface area (Å²) in [7, 11) is 0. The van der Waals surface area contributed by atoms with Gasteiger partial charge >= 0.3 is 6.36 Å². The molecule has 0 radical (unpaired) electrons. The highest BCUT2D eigenvalue weighted by molar-refractivity contribution is 5.75. The highest BCUT2D eigenvalue weighted by Gasteiger charge is 2.52. The normalized spacial score (nSPS) is 38.2. The van der Waals surface area contributed by atoms with Crippen LogP contribution in [0.3, 0.4) is 0 Å². The van der Waals surface area contributed by atoms with Gasteiger partial charge in [0.1, 0.15) is 30.3 Å². The molecule has 1 saturated carbocycles. The quantitative estimate of drug-likeness (QED) is 0.199. The zero-order valence-corrected chi connectivity index (χ0v) is 23.8. The molecular weight excluding hydrogens is 557 g/mol. The molecule has 9 N–H and O–H groups in total. The van der Waals surface area contributed by atoms with E-state index in [9.17, 15) is 23.4 Å². The van der Waals surface area contributed by atoms with Crippen molar-refractivity contribution in [3.8, 4) is 5.75 Å². The van der Waals surface area contributed by atoms with Crippen molar-refractivity contribution in [3.63, 3.8) is 0 Å². The topological polar surface area (TPSA) is 152 Å². The number of alkyl halides is 3. The number of anilines is 2. The van der Waals surface area contributed by atoms with Gasteiger partial charge in [0.25, 0.3) is 0 Å². The van der Waals surface area contributed by atoms with Gasteiger partial charge in [-0.1, -0.05) is 0 Å². The summed E-state index contributed by atoms with van der Waals surface area (Å²) in [5, 5.41) is 38.4. The molecule has 1 aromatic rings. The number of hydrogen-bond donors (Lipinski definition) is 8. The van der Waals surface area contributed by atoms with Crippen LogP contribution in [0.1, 0.15) is 39.5 Å². The van der Waals surface area contributed by atoms with E-state index in [1.54, 1.807) is 6.07 Å². The van der Waals surface area contributed by atoms with Gasteiger partial charge in [-0.3, -0.25) is 20.9 Å². The lowest BCUT2D eigenvalue weighted by atomic mass is 9.76. The van der Waals surface area contributed by atoms with Crippen LogP contribution in [0.2, 0.25) is 0 Å². The number of benzene rings is 1. The van der Waals surface area contributed by atoms with Crippen LogP contribution in [0.5, 0.6) is 5.75 Å². The third-order valence-electron chi connectivity index (χ3n) is 9.39. The van der Waals surface area contributed by atoms with Crippen LogP contribution in [-0.2, 0) is 4.74 Å². The second-order valence-corrected chi connectivity index (χ2v) is 12.5. The van der Waals surface area contributed by atoms with Gasteiger partial charge in [0.05, 0.1) is 42.6 Å². The van der Waals surface area contributed by atoms with Gasteiger partial charge in [-0.25, -0.2) is 4.90 Å². The minimum Gasteiger partial charge on any atom is -0.406 e. The number of nitrogens with zero attached hydrogens (tertiary/aromatic N) is 2. The zero-order chi connectivity index (χ0) is 29.8. The summed E-state index contributed by atoms with van der Waals surface area (Å²) in [6.45, 7) is 5.85. The Kier molecular flexibility index (Phi) is 8.50. The van der Waals surface area contributed by atoms with Crippen molar-refractivity contribution >= 4 is 11.4 Å². The summed E-state index contributed by atoms with van der Waals surface area (Å²) in [5.41, 5.74) is 7.56. The van der Waals surface area contributed by atoms with Gasteiger partial charge in [-0.2, -0.15) is 0 Å². The molecule has 0 bridgehead atoms. The van der Waals surface area contributed by atoms with Gasteiger partial charge in [0.2, 0.25) is 0 Å². The first-order valence-corrected chi connectivity index (χ1v) is 14.9. The molecule has 4 aliphatic heterocycles. The second kappa shape index (κ2) is 11.9. The molecule has 1 aliphatic carbocycles. The third kappa shape index (κ3) is 6.16. The Balaban J connectivity index is 0.974. The van der Waals surface area contributed by atoms with E-state index in [1.165, 1.54) is 12.1 Å². The molecule has 4 fully saturated rings. The highest BCUT2D eigenvalue weighted by Crippen LogP contribution is 2.40. The third-order valence-corrected chi connectivity index (χ3v) is 9.39. The van der Waals surface area contributed by atoms with Crippen LogP contribution in [0.15, 0.2) is 18.2 Å². The standard InChI is InChI=1S/C27H43F3N8O4/c1-13(2)37(10-19-22(39)23(40)26(41-19)38-12-34-21-24(31)32-11-33-25(21)38)15-7-14(8-15)3-6-20-35-17-5-4-16(9-18(17)36-20)42-27(28,29)30/h4-5,9,13-15,19-26,32-36,39-40H,3,6-8,10-12,31H2,1-2H3/t14-,15+,19-,20?,21?,22-,23-,24?,25?,26-/m1/s1. The predicted molar refractivity (Wildman–Crippen MR) is 149 cm³/mol. The number of hydrogen-bond acceptors (Lipinski definition) is 12. The lowest BCUT2D eigenvalue weighted by molar-refractivity contribution is -0.274. The number of fused-ring (bicyclic) bond motifs is 2. The molecular formula is C27H43F3N8O4. The van der Waals surface area contributed by atoms with Crippen molar-refractivity contribution in [2.45, 2.75) is 107 Å². The molecule has 12 nitrogen and oxygen atoms in total. The van der Waals surface area contributed by atoms with E-state index in [-0.39, 0.29) is 36.3 Å². The fourth-order valence-electron chi connectivity index (χ4n) is 7.13. The number of halogens is 3. The summed E-state index contributed by atoms with van der Waals surface area (Å²) in [4.78, 5) is 4.37. The monoisotopic (exact) mass is 600 g/mol. The molecule has 4 unspecified atom stereocenters. The van der Waals surface area contributed by atoms with Gasteiger partial charge in [-0.05, 0) is 57.6 Å². The second-order valence-electron chi connectivity index (χ2n) is 12.5. The van der Waals surface area contributed by atoms with E-state index in [2.05, 4.69) is 50.1 Å². The average Bonchev–Trinajstić information content (AvgIpc) is 3.58. The molecule has 4 heterocycles. The van der Waals surface area contributed by atoms with Crippen molar-refractivity contribution in [1.29, 1.82) is 0 Å². The maximum atomic E-state index is 12.6. The van der Waals surface area contributed by atoms with E-state index in [4.69, 9.17) is 10.5 Å². The minimum absolute atomic E-state index is 0.0329. The van der Waals surface area contributed by atoms with Crippen LogP contribution in [0, 0.1) is 5.92 Å². The molecule has 236 valence electrons. The smallest absolute Gasteiger partial charge is 0.406 e. The largest absolute Gasteiger partial charge is 0.573 e. The van der Waals surface area contributed by atoms with E-state index in [0.29, 0.717) is 37.5 Å². The van der Waals surface area contributed by atoms with Crippen LogP contribution in [0.25, 0.3) is 0 Å². The number of nitrogens with one attached hydrogen (secondary N) is 5. The summed E-state index contributed by atoms with van der Waals surface area (Å²) in [6.07, 6.45) is -4.42. The van der Waals surface area contributed by atoms with Crippen LogP contribution < -0.4 is 37.1 Å². The average molecular weight is 601 g/mol. The molecule has 0 aromatic heterocycles. The maximum Gasteiger partial charge on any atom is 0.573 e. The predicted octanol–water partition coefficient (Wildman–Crippen LogP) is 0.457. The summed E-state index contributed by atoms with van der Waals surface area (Å²) in [6, 6.07) is 4.84. The highest BCUT2D eigenvalue weighted by atomic mass is 19.4. The van der Waals surface area contributed by atoms with Gasteiger partial charge in [0, 0.05) is 31.4 Å². The Bertz CT molecular complexity index is 1100. The first kappa shape index (κ1) is 30.1. The van der Waals surface area contributed by atoms with Gasteiger partial charge in [0.15, 0.2) is 0 Å². The van der Waals surface area contributed by atoms with E-state index < -0.39 is 30.9 Å². The molecule has 3 saturated heterocycles. The summed E-state index contributed by atoms with van der Waals surface area (Å²) < 4.78 is 48.0. The molecule has 6 rings (SSSR count). The van der Waals surface area contributed by atoms with Crippen LogP contribution in [-0.4, -0.2) is 107 Å². The Morgan fingerprint density at radius 3 is 2.60 bits per heavy atom. The maximum absolute atomic E-state index is 12.6. The molecule has 42 heavy (non-hydrogen) atoms. The SMILES string of the molecule is CC(C)N(C[C@H]1O[C@@H](N2CNC3C(N)NCNC32)[C@H](O)[C@@H]1O)[C@H]1C[C@@H](CCC2Nc3ccc(OC(F)(F)F)cc3N2)C1. The van der Waals surface area contributed by atoms with E-state index in [0.717, 1.165) is 31.4 Å². The Morgan fingerprint density at radius 1 is 1.10 bits per heavy atom. The number of aliphatic hydroxyl groups excluding tert-OH is 2. The van der Waals surface area contributed by atoms with E-state index >= 15 is 0 Å². The fraction of sp³-hybridized carbons (Fsp3) is 0.778. The number of nitrogens with two attached hydrogens (primary N) is 1. The molecule has 0 spiro atoms. The van der Waals surface area contributed by atoms with Crippen LogP contribution in [0.4, 0.5) is 24.5 Å². The molecule has 15 heteroatoms. The lowest BCUT2D eigenvalue weighted by Gasteiger charge is -2.46. The molecule has 1 aromatic carbocycles. The zero-order valence-electron chi connectivity index (χ0n) is 23.8. The number of ether oxygens (including phenoxy) is 2. The first-order valence-electron chi connectivity index (χ1n) is 14.9. The Labute approximate surface area is 243 Å². The number of aliphatic hydroxyl groups is 2. The van der Waals surface area contributed by atoms with Crippen molar-refractivity contribution in [2.24, 2.45) is 11.7 Å². The Morgan fingerprint density at radius 2 is 1.86 bits per heavy atom. The van der Waals surface area contributed by atoms with Gasteiger partial charge < -0.3 is 36.1 Å². The van der Waals surface area contributed by atoms with Crippen molar-refractivity contribution in [2.75, 3.05) is 30.5 Å². The van der Waals surface area contributed by atoms with Crippen LogP contribution >= 0.6 is 0 Å². The molecule has 5 aliphatic rings. The van der Waals surface area contributed by atoms with Gasteiger partial charge in [-0.15, -0.1) is 13.2 Å². The van der Waals surface area contributed by atoms with Crippen molar-refractivity contribution < 1.29 is 32.9 Å². The fourth-order valence-corrected chi connectivity index (χ4v) is 7.13. The Hall–Kier alpha value is -1.95. The summed E-state index contributed by atoms with van der Waals surface area (Å²) >= 11 is 0. The first-order chi connectivity index (χ1) is 20.0. The minimum atomic E-state index is -4.72. The van der Waals surface area contributed by atoms with Crippen molar-refractivity contribution in [1.82, 2.24) is 25.8 Å². The molecule has 0 amide bonds. The van der Waals surface area contributed by atoms with Crippen molar-refractivity contribution in [3.05, 3.63) is 18.2 Å². The lowest BCUT2D eigenvalue weighted by Crippen LogP contribution is -2.68.